The summed E-state index contributed by atoms with van der Waals surface area (Å²) in [5.74, 6) is -2.29. The van der Waals surface area contributed by atoms with Crippen molar-refractivity contribution in [1.82, 2.24) is 0 Å². The average Bonchev–Trinajstić information content (AvgIpc) is 3.25. The highest BCUT2D eigenvalue weighted by Gasteiger charge is 2.99. The van der Waals surface area contributed by atoms with Gasteiger partial charge in [0.05, 0.1) is 25.0 Å². The Morgan fingerprint density at radius 3 is 1.55 bits per heavy atom. The van der Waals surface area contributed by atoms with E-state index in [-0.39, 0.29) is 48.1 Å². The zero-order chi connectivity index (χ0) is 15.6. The summed E-state index contributed by atoms with van der Waals surface area (Å²) < 4.78 is 10.1. The van der Waals surface area contributed by atoms with Crippen LogP contribution >= 0.6 is 0 Å². The summed E-state index contributed by atoms with van der Waals surface area (Å²) in [5, 5.41) is 0. The Morgan fingerprint density at radius 1 is 0.864 bits per heavy atom. The fraction of sp³-hybridized carbons (Fsp3) is 0.750. The van der Waals surface area contributed by atoms with Crippen LogP contribution in [0.15, 0.2) is 0 Å². The molecule has 0 aromatic rings. The number of Topliss-reactive ketones (excluding diaryl/α,β-unsaturated/α-hetero) is 2. The zero-order valence-electron chi connectivity index (χ0n) is 12.3. The first kappa shape index (κ1) is 12.8. The molecule has 0 radical (unpaired) electrons. The number of carbonyl (C=O) groups excluding carboxylic acids is 4. The summed E-state index contributed by atoms with van der Waals surface area (Å²) in [4.78, 5) is 50.5. The van der Waals surface area contributed by atoms with Crippen LogP contribution in [0.3, 0.4) is 0 Å². The van der Waals surface area contributed by atoms with Gasteiger partial charge in [-0.3, -0.25) is 19.2 Å². The smallest absolute Gasteiger partial charge is 0.314 e. The molecule has 0 unspecified atom stereocenters. The highest BCUT2D eigenvalue weighted by atomic mass is 16.5. The predicted octanol–water partition coefficient (Wildman–Crippen LogP) is -0.0112. The van der Waals surface area contributed by atoms with Gasteiger partial charge in [-0.2, -0.15) is 0 Å². The molecule has 22 heavy (non-hydrogen) atoms. The lowest BCUT2D eigenvalue weighted by molar-refractivity contribution is -0.194. The van der Waals surface area contributed by atoms with Crippen molar-refractivity contribution < 1.29 is 28.7 Å². The van der Waals surface area contributed by atoms with E-state index < -0.39 is 34.6 Å². The molecule has 6 aliphatic rings. The Bertz CT molecular complexity index is 624. The second kappa shape index (κ2) is 3.29. The Labute approximate surface area is 126 Å². The minimum Gasteiger partial charge on any atom is -0.469 e. The minimum atomic E-state index is -1.15. The van der Waals surface area contributed by atoms with Gasteiger partial charge >= 0.3 is 11.9 Å². The molecule has 0 aliphatic heterocycles. The van der Waals surface area contributed by atoms with Crippen molar-refractivity contribution in [1.29, 1.82) is 0 Å². The van der Waals surface area contributed by atoms with Crippen molar-refractivity contribution in [2.75, 3.05) is 14.2 Å². The van der Waals surface area contributed by atoms with Gasteiger partial charge in [0.25, 0.3) is 0 Å². The van der Waals surface area contributed by atoms with E-state index in [1.165, 1.54) is 14.2 Å². The second-order valence-corrected chi connectivity index (χ2v) is 7.39. The predicted molar refractivity (Wildman–Crippen MR) is 69.1 cm³/mol. The molecular weight excluding hydrogens is 288 g/mol. The lowest BCUT2D eigenvalue weighted by Crippen LogP contribution is -2.63. The summed E-state index contributed by atoms with van der Waals surface area (Å²) >= 11 is 0. The largest absolute Gasteiger partial charge is 0.469 e. The lowest BCUT2D eigenvalue weighted by Gasteiger charge is -2.50. The van der Waals surface area contributed by atoms with Crippen LogP contribution in [0, 0.1) is 46.3 Å². The fourth-order valence-electron chi connectivity index (χ4n) is 7.70. The van der Waals surface area contributed by atoms with Crippen molar-refractivity contribution in [3.05, 3.63) is 0 Å². The molecule has 8 atom stereocenters. The summed E-state index contributed by atoms with van der Waals surface area (Å²) in [6, 6.07) is 0. The molecular formula is C16H16O6. The standard InChI is InChI=1S/C16H16O6/c1-21-13(19)15-5-3-8(18)12-9(5)10-6(4-7(17)11(10)15)16(12,15)14(20)22-2/h5-6,9-12H,3-4H2,1-2H3/t5-,6+,9+,10-,11+,12-,15+,16-. The van der Waals surface area contributed by atoms with E-state index in [1.54, 1.807) is 0 Å². The molecule has 116 valence electrons. The van der Waals surface area contributed by atoms with Crippen molar-refractivity contribution >= 4 is 23.5 Å². The number of ether oxygens (including phenoxy) is 2. The Kier molecular flexibility index (Phi) is 1.91. The quantitative estimate of drug-likeness (QED) is 0.667. The number of esters is 2. The fourth-order valence-corrected chi connectivity index (χ4v) is 7.70. The molecule has 6 rings (SSSR count). The Balaban J connectivity index is 1.85. The lowest BCUT2D eigenvalue weighted by atomic mass is 9.49. The molecule has 6 saturated carbocycles. The van der Waals surface area contributed by atoms with Gasteiger partial charge in [-0.15, -0.1) is 0 Å². The molecule has 6 aliphatic carbocycles. The van der Waals surface area contributed by atoms with Gasteiger partial charge in [-0.25, -0.2) is 0 Å². The van der Waals surface area contributed by atoms with Gasteiger partial charge in [-0.1, -0.05) is 0 Å². The van der Waals surface area contributed by atoms with Crippen LogP contribution in [0.25, 0.3) is 0 Å². The van der Waals surface area contributed by atoms with Crippen LogP contribution in [0.2, 0.25) is 0 Å². The molecule has 0 aromatic carbocycles. The maximum atomic E-state index is 12.8. The van der Waals surface area contributed by atoms with Crippen LogP contribution in [0.5, 0.6) is 0 Å². The maximum absolute atomic E-state index is 12.8. The monoisotopic (exact) mass is 304 g/mol. The normalized spacial score (nSPS) is 55.4. The van der Waals surface area contributed by atoms with E-state index in [2.05, 4.69) is 0 Å². The SMILES string of the molecule is COC(=O)[C@]12[C@@H]3C(=O)C[C@@H]4[C@H]3[C@H]3[C@@H]1CC(=O)[C@@H]3[C@]42C(=O)OC. The minimum absolute atomic E-state index is 0.0212. The van der Waals surface area contributed by atoms with Crippen molar-refractivity contribution in [3.8, 4) is 0 Å². The Hall–Kier alpha value is -1.72. The van der Waals surface area contributed by atoms with Crippen LogP contribution < -0.4 is 0 Å². The van der Waals surface area contributed by atoms with Crippen molar-refractivity contribution in [2.24, 2.45) is 46.3 Å². The van der Waals surface area contributed by atoms with Gasteiger partial charge in [0, 0.05) is 24.7 Å². The first-order valence-corrected chi connectivity index (χ1v) is 7.71. The highest BCUT2D eigenvalue weighted by molar-refractivity contribution is 6.08. The molecule has 0 spiro atoms. The number of methoxy groups -OCH3 is 2. The maximum Gasteiger partial charge on any atom is 0.314 e. The molecule has 6 nitrogen and oxygen atoms in total. The first-order chi connectivity index (χ1) is 10.5. The molecule has 0 aromatic heterocycles. The third-order valence-electron chi connectivity index (χ3n) is 7.56. The topological polar surface area (TPSA) is 86.7 Å². The number of hydrogen-bond donors (Lipinski definition) is 0. The molecule has 0 amide bonds. The van der Waals surface area contributed by atoms with E-state index in [0.717, 1.165) is 0 Å². The average molecular weight is 304 g/mol. The van der Waals surface area contributed by atoms with E-state index >= 15 is 0 Å². The zero-order valence-corrected chi connectivity index (χ0v) is 12.3. The molecule has 6 heteroatoms. The summed E-state index contributed by atoms with van der Waals surface area (Å²) in [7, 11) is 2.58. The van der Waals surface area contributed by atoms with Gasteiger partial charge in [0.2, 0.25) is 0 Å². The molecule has 0 N–H and O–H groups in total. The molecule has 6 fully saturated rings. The third kappa shape index (κ3) is 0.787. The van der Waals surface area contributed by atoms with Gasteiger partial charge in [-0.05, 0) is 23.7 Å². The van der Waals surface area contributed by atoms with Crippen LogP contribution in [0.1, 0.15) is 12.8 Å². The second-order valence-electron chi connectivity index (χ2n) is 7.39. The van der Waals surface area contributed by atoms with Gasteiger partial charge in [0.15, 0.2) is 0 Å². The Morgan fingerprint density at radius 2 is 1.23 bits per heavy atom. The number of carbonyl (C=O) groups is 4. The van der Waals surface area contributed by atoms with E-state index in [0.29, 0.717) is 0 Å². The van der Waals surface area contributed by atoms with Crippen LogP contribution in [-0.4, -0.2) is 37.7 Å². The van der Waals surface area contributed by atoms with Crippen LogP contribution in [-0.2, 0) is 28.7 Å². The van der Waals surface area contributed by atoms with Crippen LogP contribution in [0.4, 0.5) is 0 Å². The highest BCUT2D eigenvalue weighted by Crippen LogP contribution is 2.91. The van der Waals surface area contributed by atoms with Crippen molar-refractivity contribution in [3.63, 3.8) is 0 Å². The number of hydrogen-bond acceptors (Lipinski definition) is 6. The van der Waals surface area contributed by atoms with Gasteiger partial charge in [0.1, 0.15) is 11.6 Å². The van der Waals surface area contributed by atoms with Gasteiger partial charge < -0.3 is 9.47 Å². The van der Waals surface area contributed by atoms with E-state index in [4.69, 9.17) is 9.47 Å². The first-order valence-electron chi connectivity index (χ1n) is 7.71. The number of rotatable bonds is 2. The molecule has 0 heterocycles. The molecule has 8 bridgehead atoms. The van der Waals surface area contributed by atoms with E-state index in [9.17, 15) is 19.2 Å². The third-order valence-corrected chi connectivity index (χ3v) is 7.56. The summed E-state index contributed by atoms with van der Waals surface area (Å²) in [5.41, 5.74) is -2.30. The number of ketones is 2. The summed E-state index contributed by atoms with van der Waals surface area (Å²) in [6.07, 6.45) is 0.576. The molecule has 0 saturated heterocycles. The summed E-state index contributed by atoms with van der Waals surface area (Å²) in [6.45, 7) is 0. The van der Waals surface area contributed by atoms with E-state index in [1.807, 2.05) is 0 Å². The van der Waals surface area contributed by atoms with Crippen molar-refractivity contribution in [2.45, 2.75) is 12.8 Å².